The number of likely N-dealkylation sites (N-methyl/N-ethyl adjacent to an activating group) is 1. The van der Waals surface area contributed by atoms with E-state index >= 15 is 0 Å². The maximum atomic E-state index is 13.1. The van der Waals surface area contributed by atoms with Crippen LogP contribution in [0.4, 0.5) is 13.2 Å². The topological polar surface area (TPSA) is 29.5 Å². The van der Waals surface area contributed by atoms with Crippen molar-refractivity contribution in [1.29, 1.82) is 0 Å². The molecule has 0 radical (unpaired) electrons. The first-order valence-electron chi connectivity index (χ1n) is 6.27. The number of hydrogen-bond donors (Lipinski definition) is 0. The lowest BCUT2D eigenvalue weighted by Crippen LogP contribution is -2.24. The largest absolute Gasteiger partial charge is 0.469 e. The van der Waals surface area contributed by atoms with Crippen LogP contribution < -0.4 is 0 Å². The molecular formula is C14H16F3NO2. The van der Waals surface area contributed by atoms with Crippen LogP contribution in [0.25, 0.3) is 0 Å². The van der Waals surface area contributed by atoms with Gasteiger partial charge in [-0.2, -0.15) is 13.2 Å². The van der Waals surface area contributed by atoms with E-state index in [2.05, 4.69) is 0 Å². The van der Waals surface area contributed by atoms with Crippen molar-refractivity contribution in [1.82, 2.24) is 4.90 Å². The second-order valence-electron chi connectivity index (χ2n) is 5.04. The van der Waals surface area contributed by atoms with Crippen molar-refractivity contribution in [2.45, 2.75) is 12.1 Å². The number of likely N-dealkylation sites (tertiary alicyclic amines) is 1. The second-order valence-corrected chi connectivity index (χ2v) is 5.04. The molecule has 0 aromatic heterocycles. The molecule has 0 N–H and O–H groups in total. The number of rotatable bonds is 2. The average Bonchev–Trinajstić information content (AvgIpc) is 2.79. The van der Waals surface area contributed by atoms with E-state index in [9.17, 15) is 18.0 Å². The van der Waals surface area contributed by atoms with E-state index in [1.54, 1.807) is 13.1 Å². The third-order valence-corrected chi connectivity index (χ3v) is 3.67. The van der Waals surface area contributed by atoms with Crippen LogP contribution in [-0.2, 0) is 15.7 Å². The number of carbonyl (C=O) groups is 1. The monoisotopic (exact) mass is 287 g/mol. The molecular weight excluding hydrogens is 271 g/mol. The van der Waals surface area contributed by atoms with Gasteiger partial charge >= 0.3 is 12.1 Å². The molecule has 20 heavy (non-hydrogen) atoms. The predicted octanol–water partition coefficient (Wildman–Crippen LogP) is 2.52. The minimum atomic E-state index is -4.42. The first-order valence-corrected chi connectivity index (χ1v) is 6.27. The van der Waals surface area contributed by atoms with Gasteiger partial charge in [0.1, 0.15) is 0 Å². The summed E-state index contributed by atoms with van der Waals surface area (Å²) < 4.78 is 44.0. The highest BCUT2D eigenvalue weighted by molar-refractivity contribution is 5.74. The van der Waals surface area contributed by atoms with Gasteiger partial charge in [-0.15, -0.1) is 0 Å². The second kappa shape index (κ2) is 5.44. The molecule has 3 nitrogen and oxygen atoms in total. The highest BCUT2D eigenvalue weighted by Gasteiger charge is 2.42. The van der Waals surface area contributed by atoms with Crippen LogP contribution in [0.2, 0.25) is 0 Å². The third-order valence-electron chi connectivity index (χ3n) is 3.67. The van der Waals surface area contributed by atoms with Crippen LogP contribution in [0, 0.1) is 5.92 Å². The molecule has 1 fully saturated rings. The van der Waals surface area contributed by atoms with Gasteiger partial charge in [-0.05, 0) is 18.7 Å². The summed E-state index contributed by atoms with van der Waals surface area (Å²) >= 11 is 0. The molecule has 1 aromatic carbocycles. The van der Waals surface area contributed by atoms with Gasteiger partial charge in [-0.3, -0.25) is 4.79 Å². The van der Waals surface area contributed by atoms with Gasteiger partial charge in [0, 0.05) is 19.0 Å². The molecule has 1 aliphatic rings. The quantitative estimate of drug-likeness (QED) is 0.783. The normalized spacial score (nSPS) is 23.9. The lowest BCUT2D eigenvalue weighted by atomic mass is 9.86. The van der Waals surface area contributed by atoms with E-state index in [4.69, 9.17) is 4.74 Å². The fraction of sp³-hybridized carbons (Fsp3) is 0.500. The fourth-order valence-corrected chi connectivity index (χ4v) is 2.78. The lowest BCUT2D eigenvalue weighted by molar-refractivity contribution is -0.146. The molecule has 1 aliphatic heterocycles. The Hall–Kier alpha value is -1.56. The van der Waals surface area contributed by atoms with E-state index in [1.807, 2.05) is 4.90 Å². The van der Waals surface area contributed by atoms with E-state index in [-0.39, 0.29) is 5.56 Å². The standard InChI is InChI=1S/C14H16F3NO2/c1-18-7-10(11(8-18)13(19)20-2)9-5-3-4-6-12(9)14(15,16)17/h3-6,10-11H,7-8H2,1-2H3. The summed E-state index contributed by atoms with van der Waals surface area (Å²) in [7, 11) is 3.04. The smallest absolute Gasteiger partial charge is 0.416 e. The van der Waals surface area contributed by atoms with Crippen molar-refractivity contribution in [3.05, 3.63) is 35.4 Å². The zero-order valence-corrected chi connectivity index (χ0v) is 11.3. The van der Waals surface area contributed by atoms with Gasteiger partial charge < -0.3 is 9.64 Å². The van der Waals surface area contributed by atoms with Gasteiger partial charge in [0.2, 0.25) is 0 Å². The third kappa shape index (κ3) is 2.80. The number of alkyl halides is 3. The minimum absolute atomic E-state index is 0.166. The number of methoxy groups -OCH3 is 1. The molecule has 0 bridgehead atoms. The molecule has 1 heterocycles. The molecule has 1 aromatic rings. The summed E-state index contributed by atoms with van der Waals surface area (Å²) in [4.78, 5) is 13.6. The Morgan fingerprint density at radius 2 is 1.95 bits per heavy atom. The number of esters is 1. The Morgan fingerprint density at radius 3 is 2.55 bits per heavy atom. The fourth-order valence-electron chi connectivity index (χ4n) is 2.78. The van der Waals surface area contributed by atoms with Crippen molar-refractivity contribution in [3.63, 3.8) is 0 Å². The molecule has 110 valence electrons. The zero-order chi connectivity index (χ0) is 14.9. The highest BCUT2D eigenvalue weighted by atomic mass is 19.4. The zero-order valence-electron chi connectivity index (χ0n) is 11.3. The van der Waals surface area contributed by atoms with E-state index in [0.717, 1.165) is 6.07 Å². The van der Waals surface area contributed by atoms with Crippen LogP contribution in [0.1, 0.15) is 17.0 Å². The van der Waals surface area contributed by atoms with Gasteiger partial charge in [0.15, 0.2) is 0 Å². The Kier molecular flexibility index (Phi) is 4.04. The van der Waals surface area contributed by atoms with E-state index in [0.29, 0.717) is 13.1 Å². The summed E-state index contributed by atoms with van der Waals surface area (Å²) in [5.41, 5.74) is -0.506. The number of carbonyl (C=O) groups excluding carboxylic acids is 1. The van der Waals surface area contributed by atoms with Crippen LogP contribution >= 0.6 is 0 Å². The SMILES string of the molecule is COC(=O)C1CN(C)CC1c1ccccc1C(F)(F)F. The number of hydrogen-bond acceptors (Lipinski definition) is 3. The van der Waals surface area contributed by atoms with Crippen LogP contribution in [0.15, 0.2) is 24.3 Å². The maximum absolute atomic E-state index is 13.1. The summed E-state index contributed by atoms with van der Waals surface area (Å²) in [6.07, 6.45) is -4.42. The van der Waals surface area contributed by atoms with Gasteiger partial charge in [0.05, 0.1) is 18.6 Å². The molecule has 2 rings (SSSR count). The van der Waals surface area contributed by atoms with Gasteiger partial charge in [0.25, 0.3) is 0 Å². The van der Waals surface area contributed by atoms with Crippen molar-refractivity contribution in [2.75, 3.05) is 27.2 Å². The average molecular weight is 287 g/mol. The number of benzene rings is 1. The van der Waals surface area contributed by atoms with Crippen LogP contribution in [0.3, 0.4) is 0 Å². The first-order chi connectivity index (χ1) is 9.34. The molecule has 2 atom stereocenters. The molecule has 0 amide bonds. The maximum Gasteiger partial charge on any atom is 0.416 e. The van der Waals surface area contributed by atoms with E-state index in [1.165, 1.54) is 19.2 Å². The van der Waals surface area contributed by atoms with Crippen LogP contribution in [0.5, 0.6) is 0 Å². The summed E-state index contributed by atoms with van der Waals surface area (Å²) in [5, 5.41) is 0. The predicted molar refractivity (Wildman–Crippen MR) is 67.2 cm³/mol. The Bertz CT molecular complexity index is 501. The molecule has 6 heteroatoms. The Labute approximate surface area is 115 Å². The van der Waals surface area contributed by atoms with Gasteiger partial charge in [-0.1, -0.05) is 18.2 Å². The minimum Gasteiger partial charge on any atom is -0.469 e. The van der Waals surface area contributed by atoms with Crippen molar-refractivity contribution < 1.29 is 22.7 Å². The summed E-state index contributed by atoms with van der Waals surface area (Å²) in [6, 6.07) is 5.43. The number of halogens is 3. The Balaban J connectivity index is 2.42. The van der Waals surface area contributed by atoms with Crippen LogP contribution in [-0.4, -0.2) is 38.1 Å². The summed E-state index contributed by atoms with van der Waals surface area (Å²) in [5.74, 6) is -1.52. The Morgan fingerprint density at radius 1 is 1.30 bits per heavy atom. The van der Waals surface area contributed by atoms with E-state index < -0.39 is 29.5 Å². The molecule has 1 saturated heterocycles. The number of ether oxygens (including phenoxy) is 1. The molecule has 0 saturated carbocycles. The molecule has 0 aliphatic carbocycles. The van der Waals surface area contributed by atoms with Crippen molar-refractivity contribution in [3.8, 4) is 0 Å². The first kappa shape index (κ1) is 14.8. The van der Waals surface area contributed by atoms with Crippen molar-refractivity contribution in [2.24, 2.45) is 5.92 Å². The highest BCUT2D eigenvalue weighted by Crippen LogP contribution is 2.40. The van der Waals surface area contributed by atoms with Gasteiger partial charge in [-0.25, -0.2) is 0 Å². The summed E-state index contributed by atoms with van der Waals surface area (Å²) in [6.45, 7) is 0.816. The van der Waals surface area contributed by atoms with Crippen molar-refractivity contribution >= 4 is 5.97 Å². The molecule has 0 spiro atoms. The number of nitrogens with zero attached hydrogens (tertiary/aromatic N) is 1. The lowest BCUT2D eigenvalue weighted by Gasteiger charge is -2.21. The molecule has 2 unspecified atom stereocenters.